The minimum Gasteiger partial charge on any atom is -0.303 e. The summed E-state index contributed by atoms with van der Waals surface area (Å²) in [6.07, 6.45) is 8.80. The van der Waals surface area contributed by atoms with E-state index < -0.39 is 0 Å². The van der Waals surface area contributed by atoms with Crippen LogP contribution >= 0.6 is 0 Å². The quantitative estimate of drug-likeness (QED) is 0.481. The number of hydrogen-bond donors (Lipinski definition) is 0. The molecule has 1 rings (SSSR count). The molecule has 1 nitrogen and oxygen atoms in total. The maximum Gasteiger partial charge on any atom is 0.123 e. The van der Waals surface area contributed by atoms with Crippen molar-refractivity contribution in [2.45, 2.75) is 46.0 Å². The molecule has 0 aromatic rings. The van der Waals surface area contributed by atoms with Crippen molar-refractivity contribution in [2.24, 2.45) is 11.8 Å². The lowest BCUT2D eigenvalue weighted by molar-refractivity contribution is -0.107. The Morgan fingerprint density at radius 1 is 1.38 bits per heavy atom. The van der Waals surface area contributed by atoms with E-state index in [9.17, 15) is 4.79 Å². The highest BCUT2D eigenvalue weighted by Gasteiger charge is 2.18. The number of aldehydes is 1. The fourth-order valence-corrected chi connectivity index (χ4v) is 2.10. The number of carbonyl (C=O) groups is 1. The summed E-state index contributed by atoms with van der Waals surface area (Å²) in [5.74, 6) is 1.74. The molecule has 74 valence electrons. The van der Waals surface area contributed by atoms with Gasteiger partial charge in [0.2, 0.25) is 0 Å². The second kappa shape index (κ2) is 5.21. The molecule has 1 fully saturated rings. The first kappa shape index (κ1) is 10.5. The van der Waals surface area contributed by atoms with Gasteiger partial charge in [-0.2, -0.15) is 0 Å². The van der Waals surface area contributed by atoms with Crippen LogP contribution in [0.25, 0.3) is 0 Å². The van der Waals surface area contributed by atoms with E-state index in [1.54, 1.807) is 0 Å². The van der Waals surface area contributed by atoms with Gasteiger partial charge in [0.05, 0.1) is 0 Å². The van der Waals surface area contributed by atoms with Crippen molar-refractivity contribution in [3.8, 4) is 0 Å². The Balaban J connectivity index is 2.34. The molecular weight excluding hydrogens is 160 g/mol. The van der Waals surface area contributed by atoms with Crippen LogP contribution in [-0.2, 0) is 4.79 Å². The summed E-state index contributed by atoms with van der Waals surface area (Å²) in [5.41, 5.74) is 1.50. The largest absolute Gasteiger partial charge is 0.303 e. The molecule has 0 amide bonds. The van der Waals surface area contributed by atoms with Crippen LogP contribution in [0.15, 0.2) is 11.6 Å². The Kier molecular flexibility index (Phi) is 4.20. The van der Waals surface area contributed by atoms with Gasteiger partial charge in [0.15, 0.2) is 0 Å². The number of rotatable bonds is 3. The van der Waals surface area contributed by atoms with E-state index >= 15 is 0 Å². The van der Waals surface area contributed by atoms with Crippen LogP contribution in [0.3, 0.4) is 0 Å². The van der Waals surface area contributed by atoms with E-state index in [0.717, 1.165) is 18.1 Å². The molecule has 0 spiro atoms. The van der Waals surface area contributed by atoms with Gasteiger partial charge in [-0.3, -0.25) is 0 Å². The monoisotopic (exact) mass is 180 g/mol. The zero-order valence-electron chi connectivity index (χ0n) is 8.75. The van der Waals surface area contributed by atoms with Gasteiger partial charge >= 0.3 is 0 Å². The summed E-state index contributed by atoms with van der Waals surface area (Å²) in [4.78, 5) is 10.2. The van der Waals surface area contributed by atoms with Gasteiger partial charge in [-0.1, -0.05) is 25.5 Å². The lowest BCUT2D eigenvalue weighted by atomic mass is 9.79. The first-order valence-corrected chi connectivity index (χ1v) is 5.35. The molecule has 1 aliphatic rings. The fourth-order valence-electron chi connectivity index (χ4n) is 2.10. The number of allylic oxidation sites excluding steroid dienone is 2. The third kappa shape index (κ3) is 3.33. The van der Waals surface area contributed by atoms with E-state index in [4.69, 9.17) is 0 Å². The van der Waals surface area contributed by atoms with E-state index in [-0.39, 0.29) is 0 Å². The third-order valence-electron chi connectivity index (χ3n) is 3.12. The standard InChI is InChI=1S/C12H20O/c1-10(2)12-7-5-11(6-8-12)4-3-9-13/h4,9-10,12H,3,5-8H2,1-2H3. The smallest absolute Gasteiger partial charge is 0.123 e. The molecular formula is C12H20O. The van der Waals surface area contributed by atoms with Crippen molar-refractivity contribution in [3.63, 3.8) is 0 Å². The molecule has 0 heterocycles. The molecule has 0 unspecified atom stereocenters. The lowest BCUT2D eigenvalue weighted by Gasteiger charge is -2.26. The van der Waals surface area contributed by atoms with Gasteiger partial charge in [0, 0.05) is 6.42 Å². The molecule has 0 radical (unpaired) electrons. The maximum absolute atomic E-state index is 10.2. The Morgan fingerprint density at radius 2 is 2.00 bits per heavy atom. The highest BCUT2D eigenvalue weighted by atomic mass is 16.1. The van der Waals surface area contributed by atoms with Gasteiger partial charge in [-0.15, -0.1) is 0 Å². The summed E-state index contributed by atoms with van der Waals surface area (Å²) < 4.78 is 0. The molecule has 0 aromatic heterocycles. The molecule has 0 bridgehead atoms. The Labute approximate surface area is 81.2 Å². The van der Waals surface area contributed by atoms with E-state index in [1.165, 1.54) is 31.3 Å². The Bertz CT molecular complexity index is 181. The summed E-state index contributed by atoms with van der Waals surface area (Å²) in [6.45, 7) is 4.62. The van der Waals surface area contributed by atoms with Crippen molar-refractivity contribution in [1.82, 2.24) is 0 Å². The molecule has 1 heteroatoms. The van der Waals surface area contributed by atoms with Crippen molar-refractivity contribution in [3.05, 3.63) is 11.6 Å². The van der Waals surface area contributed by atoms with Gasteiger partial charge in [0.25, 0.3) is 0 Å². The molecule has 0 atom stereocenters. The summed E-state index contributed by atoms with van der Waals surface area (Å²) >= 11 is 0. The van der Waals surface area contributed by atoms with E-state index in [0.29, 0.717) is 6.42 Å². The van der Waals surface area contributed by atoms with E-state index in [1.807, 2.05) is 0 Å². The van der Waals surface area contributed by atoms with Crippen molar-refractivity contribution >= 4 is 6.29 Å². The Morgan fingerprint density at radius 3 is 2.46 bits per heavy atom. The predicted molar refractivity (Wildman–Crippen MR) is 55.6 cm³/mol. The van der Waals surface area contributed by atoms with Crippen LogP contribution in [-0.4, -0.2) is 6.29 Å². The Hall–Kier alpha value is -0.590. The second-order valence-corrected chi connectivity index (χ2v) is 4.35. The molecule has 0 saturated heterocycles. The molecule has 0 N–H and O–H groups in total. The van der Waals surface area contributed by atoms with Crippen LogP contribution in [0.2, 0.25) is 0 Å². The summed E-state index contributed by atoms with van der Waals surface area (Å²) in [5, 5.41) is 0. The molecule has 0 aromatic carbocycles. The first-order valence-electron chi connectivity index (χ1n) is 5.35. The van der Waals surface area contributed by atoms with Gasteiger partial charge < -0.3 is 4.79 Å². The lowest BCUT2D eigenvalue weighted by Crippen LogP contribution is -2.13. The number of hydrogen-bond acceptors (Lipinski definition) is 1. The average Bonchev–Trinajstić information content (AvgIpc) is 2.15. The SMILES string of the molecule is CC(C)C1CCC(=CCC=O)CC1. The van der Waals surface area contributed by atoms with Crippen molar-refractivity contribution in [2.75, 3.05) is 0 Å². The third-order valence-corrected chi connectivity index (χ3v) is 3.12. The molecule has 1 aliphatic carbocycles. The maximum atomic E-state index is 10.2. The van der Waals surface area contributed by atoms with Crippen molar-refractivity contribution < 1.29 is 4.79 Å². The van der Waals surface area contributed by atoms with Crippen LogP contribution in [0, 0.1) is 11.8 Å². The minimum atomic E-state index is 0.613. The molecule has 13 heavy (non-hydrogen) atoms. The topological polar surface area (TPSA) is 17.1 Å². The highest BCUT2D eigenvalue weighted by Crippen LogP contribution is 2.32. The van der Waals surface area contributed by atoms with E-state index in [2.05, 4.69) is 19.9 Å². The van der Waals surface area contributed by atoms with Gasteiger partial charge in [0.1, 0.15) is 6.29 Å². The average molecular weight is 180 g/mol. The van der Waals surface area contributed by atoms with Crippen LogP contribution in [0.5, 0.6) is 0 Å². The first-order chi connectivity index (χ1) is 6.24. The second-order valence-electron chi connectivity index (χ2n) is 4.35. The van der Waals surface area contributed by atoms with Gasteiger partial charge in [-0.05, 0) is 37.5 Å². The van der Waals surface area contributed by atoms with Crippen LogP contribution < -0.4 is 0 Å². The normalized spacial score (nSPS) is 23.3. The minimum absolute atomic E-state index is 0.613. The van der Waals surface area contributed by atoms with Crippen LogP contribution in [0.1, 0.15) is 46.0 Å². The highest BCUT2D eigenvalue weighted by molar-refractivity contribution is 5.52. The zero-order valence-corrected chi connectivity index (χ0v) is 8.75. The predicted octanol–water partition coefficient (Wildman–Crippen LogP) is 3.35. The summed E-state index contributed by atoms with van der Waals surface area (Å²) in [7, 11) is 0. The van der Waals surface area contributed by atoms with Crippen LogP contribution in [0.4, 0.5) is 0 Å². The summed E-state index contributed by atoms with van der Waals surface area (Å²) in [6, 6.07) is 0. The zero-order chi connectivity index (χ0) is 9.68. The number of carbonyl (C=O) groups excluding carboxylic acids is 1. The fraction of sp³-hybridized carbons (Fsp3) is 0.750. The molecule has 1 saturated carbocycles. The molecule has 0 aliphatic heterocycles. The van der Waals surface area contributed by atoms with Crippen molar-refractivity contribution in [1.29, 1.82) is 0 Å². The van der Waals surface area contributed by atoms with Gasteiger partial charge in [-0.25, -0.2) is 0 Å².